The first-order chi connectivity index (χ1) is 11.7. The van der Waals surface area contributed by atoms with Crippen LogP contribution in [0.5, 0.6) is 11.5 Å². The van der Waals surface area contributed by atoms with Crippen molar-refractivity contribution in [3.8, 4) is 11.5 Å². The van der Waals surface area contributed by atoms with Crippen LogP contribution in [-0.4, -0.2) is 56.2 Å². The zero-order valence-corrected chi connectivity index (χ0v) is 15.5. The first-order valence-corrected chi connectivity index (χ1v) is 9.37. The van der Waals surface area contributed by atoms with Gasteiger partial charge in [0, 0.05) is 44.3 Å². The standard InChI is InChI=1S/C20H32N2O2/c1-16-7-9-18(10-8-16)22-13-11-21(12-14-22)15-17-5-4-6-19(23-2)20(17)24-3/h4-6,16,18H,7-15H2,1-3H3. The summed E-state index contributed by atoms with van der Waals surface area (Å²) >= 11 is 0. The third kappa shape index (κ3) is 4.04. The number of methoxy groups -OCH3 is 2. The second-order valence-corrected chi connectivity index (χ2v) is 7.38. The average molecular weight is 332 g/mol. The summed E-state index contributed by atoms with van der Waals surface area (Å²) in [4.78, 5) is 5.27. The molecule has 1 saturated heterocycles. The lowest BCUT2D eigenvalue weighted by atomic mass is 9.86. The maximum absolute atomic E-state index is 5.57. The van der Waals surface area contributed by atoms with E-state index in [2.05, 4.69) is 28.9 Å². The van der Waals surface area contributed by atoms with E-state index in [1.807, 2.05) is 6.07 Å². The van der Waals surface area contributed by atoms with Gasteiger partial charge in [-0.3, -0.25) is 9.80 Å². The predicted molar refractivity (Wildman–Crippen MR) is 97.8 cm³/mol. The largest absolute Gasteiger partial charge is 0.493 e. The Hall–Kier alpha value is -1.26. The Kier molecular flexibility index (Phi) is 6.01. The van der Waals surface area contributed by atoms with E-state index in [1.165, 1.54) is 44.3 Å². The minimum absolute atomic E-state index is 0.824. The van der Waals surface area contributed by atoms with Crippen LogP contribution >= 0.6 is 0 Å². The van der Waals surface area contributed by atoms with Gasteiger partial charge in [-0.25, -0.2) is 0 Å². The fraction of sp³-hybridized carbons (Fsp3) is 0.700. The Bertz CT molecular complexity index is 518. The SMILES string of the molecule is COc1cccc(CN2CCN(C3CCC(C)CC3)CC2)c1OC. The molecule has 0 radical (unpaired) electrons. The van der Waals surface area contributed by atoms with Gasteiger partial charge in [0.2, 0.25) is 0 Å². The Balaban J connectivity index is 1.54. The molecule has 0 amide bonds. The van der Waals surface area contributed by atoms with E-state index in [0.717, 1.165) is 43.1 Å². The van der Waals surface area contributed by atoms with Crippen molar-refractivity contribution < 1.29 is 9.47 Å². The van der Waals surface area contributed by atoms with Crippen LogP contribution in [0.3, 0.4) is 0 Å². The lowest BCUT2D eigenvalue weighted by molar-refractivity contribution is 0.0685. The van der Waals surface area contributed by atoms with E-state index in [-0.39, 0.29) is 0 Å². The summed E-state index contributed by atoms with van der Waals surface area (Å²) in [6, 6.07) is 6.99. The molecule has 24 heavy (non-hydrogen) atoms. The van der Waals surface area contributed by atoms with Crippen LogP contribution in [0.15, 0.2) is 18.2 Å². The minimum atomic E-state index is 0.824. The van der Waals surface area contributed by atoms with E-state index in [0.29, 0.717) is 0 Å². The fourth-order valence-electron chi connectivity index (χ4n) is 4.21. The van der Waals surface area contributed by atoms with E-state index in [4.69, 9.17) is 9.47 Å². The van der Waals surface area contributed by atoms with Gasteiger partial charge in [0.25, 0.3) is 0 Å². The number of benzene rings is 1. The highest BCUT2D eigenvalue weighted by molar-refractivity contribution is 5.46. The molecule has 2 aliphatic rings. The maximum atomic E-state index is 5.57. The molecule has 0 unspecified atom stereocenters. The highest BCUT2D eigenvalue weighted by atomic mass is 16.5. The van der Waals surface area contributed by atoms with Gasteiger partial charge in [0.05, 0.1) is 14.2 Å². The zero-order valence-electron chi connectivity index (χ0n) is 15.5. The molecule has 0 spiro atoms. The van der Waals surface area contributed by atoms with Crippen molar-refractivity contribution >= 4 is 0 Å². The van der Waals surface area contributed by atoms with E-state index in [9.17, 15) is 0 Å². The van der Waals surface area contributed by atoms with Crippen LogP contribution in [0.1, 0.15) is 38.2 Å². The van der Waals surface area contributed by atoms with Crippen LogP contribution in [0.25, 0.3) is 0 Å². The van der Waals surface area contributed by atoms with Crippen LogP contribution in [0, 0.1) is 5.92 Å². The van der Waals surface area contributed by atoms with Crippen molar-refractivity contribution in [2.45, 2.75) is 45.2 Å². The molecule has 1 aliphatic carbocycles. The number of piperazine rings is 1. The Morgan fingerprint density at radius 1 is 0.958 bits per heavy atom. The smallest absolute Gasteiger partial charge is 0.165 e. The summed E-state index contributed by atoms with van der Waals surface area (Å²) in [5, 5.41) is 0. The number of para-hydroxylation sites is 1. The highest BCUT2D eigenvalue weighted by Crippen LogP contribution is 2.32. The van der Waals surface area contributed by atoms with Crippen LogP contribution < -0.4 is 9.47 Å². The molecule has 4 heteroatoms. The van der Waals surface area contributed by atoms with Crippen molar-refractivity contribution in [3.63, 3.8) is 0 Å². The second-order valence-electron chi connectivity index (χ2n) is 7.38. The van der Waals surface area contributed by atoms with Crippen molar-refractivity contribution in [2.24, 2.45) is 5.92 Å². The number of hydrogen-bond donors (Lipinski definition) is 0. The van der Waals surface area contributed by atoms with E-state index >= 15 is 0 Å². The van der Waals surface area contributed by atoms with Crippen molar-refractivity contribution in [2.75, 3.05) is 40.4 Å². The molecule has 0 aromatic heterocycles. The predicted octanol–water partition coefficient (Wildman–Crippen LogP) is 3.40. The molecule has 3 rings (SSSR count). The Morgan fingerprint density at radius 2 is 1.67 bits per heavy atom. The van der Waals surface area contributed by atoms with Gasteiger partial charge in [-0.05, 0) is 37.7 Å². The van der Waals surface area contributed by atoms with Crippen LogP contribution in [-0.2, 0) is 6.54 Å². The molecule has 1 saturated carbocycles. The zero-order chi connectivity index (χ0) is 16.9. The molecular formula is C20H32N2O2. The van der Waals surface area contributed by atoms with Gasteiger partial charge >= 0.3 is 0 Å². The minimum Gasteiger partial charge on any atom is -0.493 e. The lowest BCUT2D eigenvalue weighted by Crippen LogP contribution is -2.50. The monoisotopic (exact) mass is 332 g/mol. The molecule has 4 nitrogen and oxygen atoms in total. The van der Waals surface area contributed by atoms with Gasteiger partial charge in [-0.15, -0.1) is 0 Å². The van der Waals surface area contributed by atoms with Crippen LogP contribution in [0.2, 0.25) is 0 Å². The van der Waals surface area contributed by atoms with Crippen molar-refractivity contribution in [1.29, 1.82) is 0 Å². The van der Waals surface area contributed by atoms with Gasteiger partial charge in [0.15, 0.2) is 11.5 Å². The Labute approximate surface area is 146 Å². The number of nitrogens with zero attached hydrogens (tertiary/aromatic N) is 2. The molecule has 134 valence electrons. The molecular weight excluding hydrogens is 300 g/mol. The highest BCUT2D eigenvalue weighted by Gasteiger charge is 2.27. The number of ether oxygens (including phenoxy) is 2. The summed E-state index contributed by atoms with van der Waals surface area (Å²) in [6.07, 6.45) is 5.60. The first-order valence-electron chi connectivity index (χ1n) is 9.37. The van der Waals surface area contributed by atoms with E-state index in [1.54, 1.807) is 14.2 Å². The third-order valence-electron chi connectivity index (χ3n) is 5.79. The average Bonchev–Trinajstić information content (AvgIpc) is 2.63. The van der Waals surface area contributed by atoms with Gasteiger partial charge < -0.3 is 9.47 Å². The normalized spacial score (nSPS) is 26.3. The lowest BCUT2D eigenvalue weighted by Gasteiger charge is -2.41. The van der Waals surface area contributed by atoms with Gasteiger partial charge in [-0.2, -0.15) is 0 Å². The molecule has 1 aromatic carbocycles. The molecule has 0 N–H and O–H groups in total. The fourth-order valence-corrected chi connectivity index (χ4v) is 4.21. The maximum Gasteiger partial charge on any atom is 0.165 e. The second kappa shape index (κ2) is 8.21. The topological polar surface area (TPSA) is 24.9 Å². The molecule has 0 bridgehead atoms. The quantitative estimate of drug-likeness (QED) is 0.825. The molecule has 1 aliphatic heterocycles. The third-order valence-corrected chi connectivity index (χ3v) is 5.79. The van der Waals surface area contributed by atoms with Crippen molar-refractivity contribution in [1.82, 2.24) is 9.80 Å². The molecule has 0 atom stereocenters. The molecule has 2 fully saturated rings. The van der Waals surface area contributed by atoms with Crippen molar-refractivity contribution in [3.05, 3.63) is 23.8 Å². The summed E-state index contributed by atoms with van der Waals surface area (Å²) in [5.41, 5.74) is 1.22. The Morgan fingerprint density at radius 3 is 2.29 bits per heavy atom. The summed E-state index contributed by atoms with van der Waals surface area (Å²) in [5.74, 6) is 2.64. The summed E-state index contributed by atoms with van der Waals surface area (Å²) in [6.45, 7) is 8.03. The summed E-state index contributed by atoms with van der Waals surface area (Å²) in [7, 11) is 3.43. The van der Waals surface area contributed by atoms with E-state index < -0.39 is 0 Å². The summed E-state index contributed by atoms with van der Waals surface area (Å²) < 4.78 is 11.0. The van der Waals surface area contributed by atoms with Crippen LogP contribution in [0.4, 0.5) is 0 Å². The van der Waals surface area contributed by atoms with Gasteiger partial charge in [0.1, 0.15) is 0 Å². The molecule has 1 aromatic rings. The first kappa shape index (κ1) is 17.6. The molecule has 1 heterocycles. The number of rotatable bonds is 5. The van der Waals surface area contributed by atoms with Gasteiger partial charge in [-0.1, -0.05) is 19.1 Å². The number of hydrogen-bond acceptors (Lipinski definition) is 4.